The van der Waals surface area contributed by atoms with Gasteiger partial charge in [0, 0.05) is 39.9 Å². The first-order chi connectivity index (χ1) is 12.9. The summed E-state index contributed by atoms with van der Waals surface area (Å²) >= 11 is 3.57. The molecule has 6 nitrogen and oxygen atoms in total. The number of aliphatic hydroxyl groups is 2. The Morgan fingerprint density at radius 1 is 1.37 bits per heavy atom. The summed E-state index contributed by atoms with van der Waals surface area (Å²) < 4.78 is 3.23. The van der Waals surface area contributed by atoms with Crippen LogP contribution in [-0.4, -0.2) is 32.3 Å². The number of nitrogens with one attached hydrogen (secondary N) is 1. The monoisotopic (exact) mass is 429 g/mol. The molecule has 7 heteroatoms. The van der Waals surface area contributed by atoms with Gasteiger partial charge in [-0.25, -0.2) is 4.98 Å². The van der Waals surface area contributed by atoms with Gasteiger partial charge in [0.2, 0.25) is 0 Å². The molecule has 1 saturated carbocycles. The van der Waals surface area contributed by atoms with Crippen molar-refractivity contribution in [3.8, 4) is 0 Å². The highest BCUT2D eigenvalue weighted by Crippen LogP contribution is 2.40. The lowest BCUT2D eigenvalue weighted by Crippen LogP contribution is -2.25. The van der Waals surface area contributed by atoms with E-state index in [1.54, 1.807) is 30.5 Å². The standard InChI is InChI=1S/C20H20BrN3O3/c1-20(27,11-25)13-4-2-12(3-5-13)19(26)23-18-8-17-15(9-22-18)16(21)10-24(17)14-6-7-14/h2-5,8-10,14,25,27H,6-7,11H2,1H3,(H,22,23,26)/t20-/m0/s1. The molecule has 2 heterocycles. The molecule has 27 heavy (non-hydrogen) atoms. The fraction of sp³-hybridized carbons (Fsp3) is 0.300. The van der Waals surface area contributed by atoms with Crippen LogP contribution in [0.5, 0.6) is 0 Å². The number of pyridine rings is 1. The first-order valence-electron chi connectivity index (χ1n) is 8.80. The van der Waals surface area contributed by atoms with Crippen LogP contribution in [-0.2, 0) is 5.60 Å². The first kappa shape index (κ1) is 18.2. The van der Waals surface area contributed by atoms with Crippen LogP contribution >= 0.6 is 15.9 Å². The first-order valence-corrected chi connectivity index (χ1v) is 9.59. The Labute approximate surface area is 165 Å². The highest BCUT2D eigenvalue weighted by molar-refractivity contribution is 9.10. The molecular weight excluding hydrogens is 410 g/mol. The lowest BCUT2D eigenvalue weighted by molar-refractivity contribution is -0.00229. The van der Waals surface area contributed by atoms with Gasteiger partial charge in [0.15, 0.2) is 0 Å². The normalized spacial score (nSPS) is 16.3. The minimum atomic E-state index is -1.33. The van der Waals surface area contributed by atoms with E-state index in [9.17, 15) is 15.0 Å². The van der Waals surface area contributed by atoms with Crippen LogP contribution in [0.3, 0.4) is 0 Å². The van der Waals surface area contributed by atoms with Gasteiger partial charge in [-0.15, -0.1) is 0 Å². The molecule has 3 N–H and O–H groups in total. The zero-order valence-corrected chi connectivity index (χ0v) is 16.4. The van der Waals surface area contributed by atoms with Crippen molar-refractivity contribution in [3.05, 3.63) is 58.3 Å². The maximum atomic E-state index is 12.5. The molecule has 3 aromatic rings. The van der Waals surface area contributed by atoms with E-state index in [0.717, 1.165) is 15.4 Å². The van der Waals surface area contributed by atoms with Crippen LogP contribution in [0.4, 0.5) is 5.82 Å². The zero-order valence-electron chi connectivity index (χ0n) is 14.8. The number of hydrogen-bond acceptors (Lipinski definition) is 4. The molecule has 0 bridgehead atoms. The lowest BCUT2D eigenvalue weighted by Gasteiger charge is -2.20. The molecule has 1 aliphatic rings. The summed E-state index contributed by atoms with van der Waals surface area (Å²) in [5.74, 6) is 0.215. The fourth-order valence-electron chi connectivity index (χ4n) is 3.09. The predicted molar refractivity (Wildman–Crippen MR) is 107 cm³/mol. The van der Waals surface area contributed by atoms with Crippen molar-refractivity contribution < 1.29 is 15.0 Å². The number of amides is 1. The Morgan fingerprint density at radius 3 is 2.70 bits per heavy atom. The molecule has 1 amide bonds. The van der Waals surface area contributed by atoms with Gasteiger partial charge in [-0.2, -0.15) is 0 Å². The van der Waals surface area contributed by atoms with Gasteiger partial charge in [0.25, 0.3) is 5.91 Å². The van der Waals surface area contributed by atoms with Crippen LogP contribution in [0.1, 0.15) is 41.7 Å². The van der Waals surface area contributed by atoms with E-state index in [-0.39, 0.29) is 5.91 Å². The number of hydrogen-bond donors (Lipinski definition) is 3. The van der Waals surface area contributed by atoms with E-state index in [2.05, 4.69) is 37.0 Å². The van der Waals surface area contributed by atoms with E-state index in [1.807, 2.05) is 6.07 Å². The summed E-state index contributed by atoms with van der Waals surface area (Å²) in [6.45, 7) is 1.13. The molecule has 4 rings (SSSR count). The second-order valence-electron chi connectivity index (χ2n) is 7.17. The number of rotatable bonds is 5. The number of aromatic nitrogens is 2. The van der Waals surface area contributed by atoms with Gasteiger partial charge in [0.05, 0.1) is 12.1 Å². The topological polar surface area (TPSA) is 87.4 Å². The number of carbonyl (C=O) groups excluding carboxylic acids is 1. The molecule has 0 radical (unpaired) electrons. The summed E-state index contributed by atoms with van der Waals surface area (Å²) in [6, 6.07) is 8.93. The summed E-state index contributed by atoms with van der Waals surface area (Å²) in [5, 5.41) is 23.2. The third-order valence-corrected chi connectivity index (χ3v) is 5.56. The maximum absolute atomic E-state index is 12.5. The van der Waals surface area contributed by atoms with Gasteiger partial charge in [-0.3, -0.25) is 4.79 Å². The van der Waals surface area contributed by atoms with E-state index in [1.165, 1.54) is 19.8 Å². The van der Waals surface area contributed by atoms with Crippen LogP contribution in [0.15, 0.2) is 47.2 Å². The van der Waals surface area contributed by atoms with Gasteiger partial charge in [0.1, 0.15) is 11.4 Å². The molecule has 0 saturated heterocycles. The third-order valence-electron chi connectivity index (χ3n) is 4.93. The quantitative estimate of drug-likeness (QED) is 0.578. The Morgan fingerprint density at radius 2 is 2.07 bits per heavy atom. The van der Waals surface area contributed by atoms with Crippen LogP contribution in [0, 0.1) is 0 Å². The van der Waals surface area contributed by atoms with E-state index in [4.69, 9.17) is 0 Å². The van der Waals surface area contributed by atoms with Crippen molar-refractivity contribution in [3.63, 3.8) is 0 Å². The largest absolute Gasteiger partial charge is 0.393 e. The molecule has 2 aromatic heterocycles. The van der Waals surface area contributed by atoms with Crippen LogP contribution in [0.2, 0.25) is 0 Å². The van der Waals surface area contributed by atoms with Crippen molar-refractivity contribution >= 4 is 38.6 Å². The predicted octanol–water partition coefficient (Wildman–Crippen LogP) is 3.59. The van der Waals surface area contributed by atoms with E-state index in [0.29, 0.717) is 23.0 Å². The Bertz CT molecular complexity index is 1010. The number of anilines is 1. The molecule has 0 aliphatic heterocycles. The summed E-state index contributed by atoms with van der Waals surface area (Å²) in [5.41, 5.74) is 0.716. The minimum absolute atomic E-state index is 0.277. The number of halogens is 1. The maximum Gasteiger partial charge on any atom is 0.256 e. The summed E-state index contributed by atoms with van der Waals surface area (Å²) in [4.78, 5) is 16.9. The minimum Gasteiger partial charge on any atom is -0.393 e. The number of aliphatic hydroxyl groups excluding tert-OH is 1. The molecule has 1 aromatic carbocycles. The molecule has 140 valence electrons. The smallest absolute Gasteiger partial charge is 0.256 e. The Kier molecular flexibility index (Phi) is 4.53. The van der Waals surface area contributed by atoms with Crippen molar-refractivity contribution in [2.45, 2.75) is 31.4 Å². The lowest BCUT2D eigenvalue weighted by atomic mass is 9.96. The van der Waals surface area contributed by atoms with Gasteiger partial charge < -0.3 is 20.1 Å². The van der Waals surface area contributed by atoms with Crippen molar-refractivity contribution in [2.75, 3.05) is 11.9 Å². The van der Waals surface area contributed by atoms with Gasteiger partial charge in [-0.05, 0) is 53.4 Å². The number of benzene rings is 1. The number of fused-ring (bicyclic) bond motifs is 1. The molecule has 1 fully saturated rings. The average molecular weight is 430 g/mol. The Hall–Kier alpha value is -2.22. The number of nitrogens with zero attached hydrogens (tertiary/aromatic N) is 2. The second kappa shape index (κ2) is 6.74. The highest BCUT2D eigenvalue weighted by Gasteiger charge is 2.26. The van der Waals surface area contributed by atoms with Gasteiger partial charge in [-0.1, -0.05) is 12.1 Å². The Balaban J connectivity index is 1.56. The summed E-state index contributed by atoms with van der Waals surface area (Å²) in [7, 11) is 0. The zero-order chi connectivity index (χ0) is 19.2. The molecule has 0 unspecified atom stereocenters. The van der Waals surface area contributed by atoms with Crippen LogP contribution in [0.25, 0.3) is 10.9 Å². The van der Waals surface area contributed by atoms with Gasteiger partial charge >= 0.3 is 0 Å². The van der Waals surface area contributed by atoms with Crippen molar-refractivity contribution in [2.24, 2.45) is 0 Å². The average Bonchev–Trinajstić information content (AvgIpc) is 3.46. The van der Waals surface area contributed by atoms with E-state index < -0.39 is 12.2 Å². The molecular formula is C20H20BrN3O3. The molecule has 1 atom stereocenters. The molecule has 1 aliphatic carbocycles. The second-order valence-corrected chi connectivity index (χ2v) is 8.02. The van der Waals surface area contributed by atoms with E-state index >= 15 is 0 Å². The summed E-state index contributed by atoms with van der Waals surface area (Å²) in [6.07, 6.45) is 6.17. The number of carbonyl (C=O) groups is 1. The highest BCUT2D eigenvalue weighted by atomic mass is 79.9. The van der Waals surface area contributed by atoms with Crippen LogP contribution < -0.4 is 5.32 Å². The van der Waals surface area contributed by atoms with Crippen molar-refractivity contribution in [1.82, 2.24) is 9.55 Å². The SMILES string of the molecule is C[C@](O)(CO)c1ccc(C(=O)Nc2cc3c(cn2)c(Br)cn3C2CC2)cc1. The molecule has 0 spiro atoms. The fourth-order valence-corrected chi connectivity index (χ4v) is 3.61. The van der Waals surface area contributed by atoms with Crippen molar-refractivity contribution in [1.29, 1.82) is 0 Å². The third kappa shape index (κ3) is 3.50.